The number of aromatic nitrogens is 3. The van der Waals surface area contributed by atoms with E-state index in [0.29, 0.717) is 17.7 Å². The fraction of sp³-hybridized carbons (Fsp3) is 0.133. The summed E-state index contributed by atoms with van der Waals surface area (Å²) in [4.78, 5) is 19.7. The van der Waals surface area contributed by atoms with Gasteiger partial charge in [0.15, 0.2) is 5.65 Å². The lowest BCUT2D eigenvalue weighted by molar-refractivity contribution is 0.0996. The second kappa shape index (κ2) is 5.83. The van der Waals surface area contributed by atoms with E-state index in [0.717, 1.165) is 16.9 Å². The number of nitrogens with two attached hydrogens (primary N) is 1. The van der Waals surface area contributed by atoms with Crippen LogP contribution in [0.3, 0.4) is 0 Å². The molecule has 0 aliphatic rings. The third kappa shape index (κ3) is 2.94. The van der Waals surface area contributed by atoms with Crippen LogP contribution in [0.2, 0.25) is 0 Å². The molecule has 0 saturated carbocycles. The fourth-order valence-electron chi connectivity index (χ4n) is 2.44. The molecule has 2 aromatic heterocycles. The minimum Gasteiger partial charge on any atom is -0.423 e. The van der Waals surface area contributed by atoms with Crippen molar-refractivity contribution >= 4 is 29.7 Å². The van der Waals surface area contributed by atoms with Gasteiger partial charge in [-0.05, 0) is 30.1 Å². The first kappa shape index (κ1) is 15.2. The number of rotatable bonds is 4. The van der Waals surface area contributed by atoms with Crippen molar-refractivity contribution in [1.29, 1.82) is 0 Å². The molecule has 0 radical (unpaired) electrons. The molecule has 0 saturated heterocycles. The number of fused-ring (bicyclic) bond motifs is 1. The van der Waals surface area contributed by atoms with Crippen LogP contribution in [0, 0.1) is 6.92 Å². The van der Waals surface area contributed by atoms with Crippen molar-refractivity contribution in [2.24, 2.45) is 5.73 Å². The molecule has 0 atom stereocenters. The average molecular weight is 310 g/mol. The summed E-state index contributed by atoms with van der Waals surface area (Å²) in [7, 11) is -1.48. The fourth-order valence-corrected chi connectivity index (χ4v) is 2.44. The molecule has 23 heavy (non-hydrogen) atoms. The molecule has 7 nitrogen and oxygen atoms in total. The van der Waals surface area contributed by atoms with Crippen LogP contribution in [-0.4, -0.2) is 37.6 Å². The van der Waals surface area contributed by atoms with Crippen molar-refractivity contribution in [3.05, 3.63) is 53.5 Å². The predicted molar refractivity (Wildman–Crippen MR) is 86.2 cm³/mol. The van der Waals surface area contributed by atoms with E-state index in [1.165, 1.54) is 0 Å². The smallest absolute Gasteiger partial charge is 0.423 e. The highest BCUT2D eigenvalue weighted by Gasteiger charge is 2.13. The molecule has 4 N–H and O–H groups in total. The molecule has 8 heteroatoms. The van der Waals surface area contributed by atoms with E-state index in [1.807, 2.05) is 23.6 Å². The first-order valence-corrected chi connectivity index (χ1v) is 7.04. The Kier molecular flexibility index (Phi) is 3.85. The molecule has 0 spiro atoms. The molecule has 0 bridgehead atoms. The van der Waals surface area contributed by atoms with Crippen LogP contribution in [0.1, 0.15) is 21.9 Å². The van der Waals surface area contributed by atoms with Gasteiger partial charge in [0.05, 0.1) is 5.52 Å². The van der Waals surface area contributed by atoms with Crippen molar-refractivity contribution < 1.29 is 14.8 Å². The number of amides is 1. The highest BCUT2D eigenvalue weighted by atomic mass is 16.4. The van der Waals surface area contributed by atoms with E-state index in [9.17, 15) is 4.79 Å². The number of hydrogen-bond donors (Lipinski definition) is 3. The number of pyridine rings is 1. The SMILES string of the molecule is Cc1nc2nc(C(N)=O)ccc2n1Cc1ccc(B(O)O)cc1. The van der Waals surface area contributed by atoms with Gasteiger partial charge in [0.25, 0.3) is 5.91 Å². The molecule has 116 valence electrons. The number of hydrogen-bond acceptors (Lipinski definition) is 5. The van der Waals surface area contributed by atoms with Gasteiger partial charge >= 0.3 is 7.12 Å². The van der Waals surface area contributed by atoms with Crippen LogP contribution >= 0.6 is 0 Å². The Morgan fingerprint density at radius 2 is 1.87 bits per heavy atom. The van der Waals surface area contributed by atoms with Crippen LogP contribution in [0.5, 0.6) is 0 Å². The van der Waals surface area contributed by atoms with Crippen molar-refractivity contribution in [1.82, 2.24) is 14.5 Å². The van der Waals surface area contributed by atoms with Crippen molar-refractivity contribution in [3.63, 3.8) is 0 Å². The normalized spacial score (nSPS) is 10.9. The van der Waals surface area contributed by atoms with Crippen LogP contribution in [0.25, 0.3) is 11.2 Å². The van der Waals surface area contributed by atoms with Gasteiger partial charge in [0, 0.05) is 6.54 Å². The van der Waals surface area contributed by atoms with Crippen molar-refractivity contribution in [2.75, 3.05) is 0 Å². The Bertz CT molecular complexity index is 874. The Hall–Kier alpha value is -2.71. The van der Waals surface area contributed by atoms with Gasteiger partial charge in [0.2, 0.25) is 0 Å². The molecule has 2 heterocycles. The van der Waals surface area contributed by atoms with Gasteiger partial charge in [-0.1, -0.05) is 24.3 Å². The summed E-state index contributed by atoms with van der Waals surface area (Å²) in [5, 5.41) is 18.2. The summed E-state index contributed by atoms with van der Waals surface area (Å²) in [6.45, 7) is 2.42. The molecule has 0 aliphatic carbocycles. The molecule has 3 rings (SSSR count). The van der Waals surface area contributed by atoms with E-state index in [1.54, 1.807) is 24.3 Å². The minimum absolute atomic E-state index is 0.184. The highest BCUT2D eigenvalue weighted by molar-refractivity contribution is 6.58. The summed E-state index contributed by atoms with van der Waals surface area (Å²) in [5.74, 6) is 0.178. The molecular weight excluding hydrogens is 295 g/mol. The summed E-state index contributed by atoms with van der Waals surface area (Å²) >= 11 is 0. The number of benzene rings is 1. The number of carbonyl (C=O) groups is 1. The number of carbonyl (C=O) groups excluding carboxylic acids is 1. The molecular formula is C15H15BN4O3. The maximum Gasteiger partial charge on any atom is 0.488 e. The maximum absolute atomic E-state index is 11.2. The Morgan fingerprint density at radius 1 is 1.17 bits per heavy atom. The van der Waals surface area contributed by atoms with E-state index in [-0.39, 0.29) is 5.69 Å². The van der Waals surface area contributed by atoms with E-state index < -0.39 is 13.0 Å². The molecule has 1 aromatic carbocycles. The lowest BCUT2D eigenvalue weighted by Crippen LogP contribution is -2.29. The standard InChI is InChI=1S/C15H15BN4O3/c1-9-18-15-13(7-6-12(19-15)14(17)21)20(9)8-10-2-4-11(5-3-10)16(22)23/h2-7,22-23H,8H2,1H3,(H2,17,21). The zero-order chi connectivity index (χ0) is 16.6. The summed E-state index contributed by atoms with van der Waals surface area (Å²) in [6.07, 6.45) is 0. The quantitative estimate of drug-likeness (QED) is 0.566. The minimum atomic E-state index is -1.48. The highest BCUT2D eigenvalue weighted by Crippen LogP contribution is 2.16. The molecule has 1 amide bonds. The third-order valence-electron chi connectivity index (χ3n) is 3.67. The van der Waals surface area contributed by atoms with Crippen LogP contribution in [0.4, 0.5) is 0 Å². The predicted octanol–water partition coefficient (Wildman–Crippen LogP) is -0.433. The first-order chi connectivity index (χ1) is 11.0. The van der Waals surface area contributed by atoms with E-state index >= 15 is 0 Å². The van der Waals surface area contributed by atoms with Crippen LogP contribution in [-0.2, 0) is 6.54 Å². The topological polar surface area (TPSA) is 114 Å². The number of primary amides is 1. The van der Waals surface area contributed by atoms with Crippen molar-refractivity contribution in [2.45, 2.75) is 13.5 Å². The Morgan fingerprint density at radius 3 is 2.48 bits per heavy atom. The van der Waals surface area contributed by atoms with E-state index in [4.69, 9.17) is 15.8 Å². The third-order valence-corrected chi connectivity index (χ3v) is 3.67. The van der Waals surface area contributed by atoms with Crippen LogP contribution in [0.15, 0.2) is 36.4 Å². The Labute approximate surface area is 132 Å². The van der Waals surface area contributed by atoms with Gasteiger partial charge < -0.3 is 20.3 Å². The summed E-state index contributed by atoms with van der Waals surface area (Å²) < 4.78 is 1.97. The average Bonchev–Trinajstić information content (AvgIpc) is 2.83. The maximum atomic E-state index is 11.2. The Balaban J connectivity index is 1.96. The zero-order valence-electron chi connectivity index (χ0n) is 12.5. The van der Waals surface area contributed by atoms with E-state index in [2.05, 4.69) is 9.97 Å². The van der Waals surface area contributed by atoms with Gasteiger partial charge in [-0.2, -0.15) is 0 Å². The summed E-state index contributed by atoms with van der Waals surface area (Å²) in [5.41, 5.74) is 8.12. The molecule has 3 aromatic rings. The molecule has 0 fully saturated rings. The molecule has 0 unspecified atom stereocenters. The van der Waals surface area contributed by atoms with Gasteiger partial charge in [-0.25, -0.2) is 9.97 Å². The number of nitrogens with zero attached hydrogens (tertiary/aromatic N) is 3. The van der Waals surface area contributed by atoms with Gasteiger partial charge in [-0.15, -0.1) is 0 Å². The second-order valence-corrected chi connectivity index (χ2v) is 5.26. The van der Waals surface area contributed by atoms with Gasteiger partial charge in [0.1, 0.15) is 11.5 Å². The largest absolute Gasteiger partial charge is 0.488 e. The zero-order valence-corrected chi connectivity index (χ0v) is 12.5. The lowest BCUT2D eigenvalue weighted by Gasteiger charge is -2.08. The molecule has 0 aliphatic heterocycles. The monoisotopic (exact) mass is 310 g/mol. The van der Waals surface area contributed by atoms with Crippen LogP contribution < -0.4 is 11.2 Å². The first-order valence-electron chi connectivity index (χ1n) is 7.04. The van der Waals surface area contributed by atoms with Gasteiger partial charge in [-0.3, -0.25) is 4.79 Å². The second-order valence-electron chi connectivity index (χ2n) is 5.26. The number of aryl methyl sites for hydroxylation is 1. The summed E-state index contributed by atoms with van der Waals surface area (Å²) in [6, 6.07) is 10.3. The number of imidazole rings is 1. The van der Waals surface area contributed by atoms with Crippen molar-refractivity contribution in [3.8, 4) is 0 Å². The lowest BCUT2D eigenvalue weighted by atomic mass is 9.80.